The first kappa shape index (κ1) is 18.8. The van der Waals surface area contributed by atoms with Crippen molar-refractivity contribution in [3.8, 4) is 0 Å². The van der Waals surface area contributed by atoms with Crippen molar-refractivity contribution in [3.05, 3.63) is 41.2 Å². The highest BCUT2D eigenvalue weighted by Gasteiger charge is 2.25. The van der Waals surface area contributed by atoms with Gasteiger partial charge in [-0.15, -0.1) is 0 Å². The minimum atomic E-state index is -1.29. The Kier molecular flexibility index (Phi) is 4.69. The summed E-state index contributed by atoms with van der Waals surface area (Å²) in [5.74, 6) is -2.51. The first-order chi connectivity index (χ1) is 13.2. The van der Waals surface area contributed by atoms with Crippen LogP contribution in [0.1, 0.15) is 37.0 Å². The maximum atomic E-state index is 12.7. The number of carbonyl (C=O) groups excluding carboxylic acids is 2. The van der Waals surface area contributed by atoms with Crippen molar-refractivity contribution in [2.45, 2.75) is 6.92 Å². The van der Waals surface area contributed by atoms with Gasteiger partial charge in [0, 0.05) is 21.1 Å². The van der Waals surface area contributed by atoms with Crippen LogP contribution in [-0.4, -0.2) is 52.2 Å². The van der Waals surface area contributed by atoms with Gasteiger partial charge in [-0.1, -0.05) is 0 Å². The van der Waals surface area contributed by atoms with E-state index in [-0.39, 0.29) is 22.6 Å². The molecule has 0 bridgehead atoms. The summed E-state index contributed by atoms with van der Waals surface area (Å²) in [6.07, 6.45) is 3.96. The molecule has 3 aromatic rings. The van der Waals surface area contributed by atoms with Crippen molar-refractivity contribution in [1.82, 2.24) is 29.3 Å². The van der Waals surface area contributed by atoms with Crippen LogP contribution in [0.3, 0.4) is 0 Å². The summed E-state index contributed by atoms with van der Waals surface area (Å²) in [5, 5.41) is 26.4. The lowest BCUT2D eigenvalue weighted by atomic mass is 10.2. The van der Waals surface area contributed by atoms with Gasteiger partial charge in [0.25, 0.3) is 11.8 Å². The average molecular weight is 386 g/mol. The molecule has 0 spiro atoms. The fraction of sp³-hybridized carbons (Fsp3) is 0.250. The number of nitrogens with one attached hydrogen (secondary N) is 2. The summed E-state index contributed by atoms with van der Waals surface area (Å²) in [5.41, 5.74) is 1.10. The number of hydrogen-bond donors (Lipinski definition) is 3. The molecule has 12 nitrogen and oxygen atoms in total. The van der Waals surface area contributed by atoms with E-state index in [1.807, 2.05) is 0 Å². The van der Waals surface area contributed by atoms with E-state index in [1.54, 1.807) is 25.7 Å². The smallest absolute Gasteiger partial charge is 0.354 e. The van der Waals surface area contributed by atoms with E-state index >= 15 is 0 Å². The van der Waals surface area contributed by atoms with Crippen LogP contribution in [0.4, 0.5) is 11.4 Å². The molecule has 0 radical (unpaired) electrons. The van der Waals surface area contributed by atoms with Gasteiger partial charge in [0.2, 0.25) is 0 Å². The number of hydrogen-bond acceptors (Lipinski definition) is 6. The molecule has 3 N–H and O–H groups in total. The number of rotatable bonds is 5. The number of anilines is 2. The van der Waals surface area contributed by atoms with E-state index in [2.05, 4.69) is 25.9 Å². The standard InChI is InChI=1S/C16H18N8O4/c1-8-10(6-18-22(8)2)20-15(26)13-11(7-19-24(13)4)21-14(25)9-5-17-23(3)12(9)16(27)28/h5-7H,1-4H3,(H,20,26)(H,21,25)(H,27,28). The Morgan fingerprint density at radius 1 is 0.821 bits per heavy atom. The van der Waals surface area contributed by atoms with Crippen molar-refractivity contribution in [1.29, 1.82) is 0 Å². The molecule has 0 atom stereocenters. The zero-order valence-corrected chi connectivity index (χ0v) is 15.6. The van der Waals surface area contributed by atoms with Gasteiger partial charge in [-0.05, 0) is 6.92 Å². The summed E-state index contributed by atoms with van der Waals surface area (Å²) in [6, 6.07) is 0. The van der Waals surface area contributed by atoms with Crippen molar-refractivity contribution >= 4 is 29.2 Å². The van der Waals surface area contributed by atoms with Gasteiger partial charge in [-0.2, -0.15) is 15.3 Å². The number of nitrogens with zero attached hydrogens (tertiary/aromatic N) is 6. The van der Waals surface area contributed by atoms with Crippen molar-refractivity contribution < 1.29 is 19.5 Å². The molecule has 12 heteroatoms. The Balaban J connectivity index is 1.87. The second-order valence-corrected chi connectivity index (χ2v) is 6.04. The molecule has 28 heavy (non-hydrogen) atoms. The van der Waals surface area contributed by atoms with Crippen LogP contribution < -0.4 is 10.6 Å². The van der Waals surface area contributed by atoms with Gasteiger partial charge in [-0.25, -0.2) is 4.79 Å². The summed E-state index contributed by atoms with van der Waals surface area (Å²) in [4.78, 5) is 36.6. The molecular weight excluding hydrogens is 368 g/mol. The number of carbonyl (C=O) groups is 3. The highest BCUT2D eigenvalue weighted by molar-refractivity contribution is 6.13. The van der Waals surface area contributed by atoms with E-state index in [0.717, 1.165) is 16.6 Å². The van der Waals surface area contributed by atoms with E-state index in [9.17, 15) is 19.5 Å². The molecule has 2 amide bonds. The fourth-order valence-electron chi connectivity index (χ4n) is 2.65. The van der Waals surface area contributed by atoms with Gasteiger partial charge in [-0.3, -0.25) is 23.6 Å². The molecule has 0 saturated heterocycles. The molecule has 3 rings (SSSR count). The average Bonchev–Trinajstić information content (AvgIpc) is 3.28. The Bertz CT molecular complexity index is 1090. The van der Waals surface area contributed by atoms with Crippen LogP contribution in [0.15, 0.2) is 18.6 Å². The number of aromatic nitrogens is 6. The third-order valence-electron chi connectivity index (χ3n) is 4.27. The Hall–Kier alpha value is -3.96. The molecular formula is C16H18N8O4. The van der Waals surface area contributed by atoms with Crippen LogP contribution in [0.5, 0.6) is 0 Å². The first-order valence-electron chi connectivity index (χ1n) is 8.09. The SMILES string of the molecule is Cc1c(NC(=O)c2c(NC(=O)c3cnn(C)c3C(=O)O)cnn2C)cnn1C. The third-order valence-corrected chi connectivity index (χ3v) is 4.27. The second-order valence-electron chi connectivity index (χ2n) is 6.04. The molecule has 0 aliphatic rings. The Labute approximate surface area is 158 Å². The summed E-state index contributed by atoms with van der Waals surface area (Å²) < 4.78 is 3.99. The molecule has 3 heterocycles. The number of aromatic carboxylic acids is 1. The van der Waals surface area contributed by atoms with E-state index < -0.39 is 17.8 Å². The summed E-state index contributed by atoms with van der Waals surface area (Å²) >= 11 is 0. The van der Waals surface area contributed by atoms with Gasteiger partial charge < -0.3 is 15.7 Å². The molecule has 3 aromatic heterocycles. The zero-order chi connectivity index (χ0) is 20.6. The number of amides is 2. The largest absolute Gasteiger partial charge is 0.477 e. The predicted octanol–water partition coefficient (Wildman–Crippen LogP) is 0.398. The van der Waals surface area contributed by atoms with Gasteiger partial charge >= 0.3 is 5.97 Å². The molecule has 146 valence electrons. The molecule has 0 unspecified atom stereocenters. The van der Waals surface area contributed by atoms with Crippen molar-refractivity contribution in [3.63, 3.8) is 0 Å². The van der Waals surface area contributed by atoms with Gasteiger partial charge in [0.1, 0.15) is 5.69 Å². The zero-order valence-electron chi connectivity index (χ0n) is 15.6. The molecule has 0 fully saturated rings. The highest BCUT2D eigenvalue weighted by Crippen LogP contribution is 2.20. The molecule has 0 aliphatic carbocycles. The van der Waals surface area contributed by atoms with Gasteiger partial charge in [0.05, 0.1) is 41.2 Å². The first-order valence-corrected chi connectivity index (χ1v) is 8.09. The van der Waals surface area contributed by atoms with E-state index in [1.165, 1.54) is 24.1 Å². The maximum absolute atomic E-state index is 12.7. The van der Waals surface area contributed by atoms with E-state index in [4.69, 9.17) is 0 Å². The van der Waals surface area contributed by atoms with Crippen LogP contribution in [0.2, 0.25) is 0 Å². The molecule has 0 saturated carbocycles. The fourth-order valence-corrected chi connectivity index (χ4v) is 2.65. The molecule has 0 aliphatic heterocycles. The minimum absolute atomic E-state index is 0.0948. The number of aryl methyl sites for hydroxylation is 3. The quantitative estimate of drug-likeness (QED) is 0.574. The second kappa shape index (κ2) is 6.98. The predicted molar refractivity (Wildman–Crippen MR) is 97.2 cm³/mol. The van der Waals surface area contributed by atoms with Crippen molar-refractivity contribution in [2.75, 3.05) is 10.6 Å². The summed E-state index contributed by atoms with van der Waals surface area (Å²) in [7, 11) is 4.71. The normalized spacial score (nSPS) is 10.7. The number of carboxylic acids is 1. The highest BCUT2D eigenvalue weighted by atomic mass is 16.4. The van der Waals surface area contributed by atoms with Crippen LogP contribution in [0.25, 0.3) is 0 Å². The Morgan fingerprint density at radius 3 is 1.96 bits per heavy atom. The van der Waals surface area contributed by atoms with Gasteiger partial charge in [0.15, 0.2) is 5.69 Å². The maximum Gasteiger partial charge on any atom is 0.354 e. The van der Waals surface area contributed by atoms with E-state index in [0.29, 0.717) is 5.69 Å². The van der Waals surface area contributed by atoms with Crippen LogP contribution in [-0.2, 0) is 21.1 Å². The topological polar surface area (TPSA) is 149 Å². The van der Waals surface area contributed by atoms with Crippen LogP contribution >= 0.6 is 0 Å². The Morgan fingerprint density at radius 2 is 1.36 bits per heavy atom. The van der Waals surface area contributed by atoms with Crippen LogP contribution in [0, 0.1) is 6.92 Å². The lowest BCUT2D eigenvalue weighted by Crippen LogP contribution is -2.21. The van der Waals surface area contributed by atoms with Crippen molar-refractivity contribution in [2.24, 2.45) is 21.1 Å². The lowest BCUT2D eigenvalue weighted by Gasteiger charge is -2.09. The monoisotopic (exact) mass is 386 g/mol. The molecule has 0 aromatic carbocycles. The minimum Gasteiger partial charge on any atom is -0.477 e. The lowest BCUT2D eigenvalue weighted by molar-refractivity contribution is 0.0680. The third kappa shape index (κ3) is 3.22. The number of carboxylic acid groups (broad SMARTS) is 1. The summed E-state index contributed by atoms with van der Waals surface area (Å²) in [6.45, 7) is 1.80.